The number of rotatable bonds is 3. The number of nitrogens with zero attached hydrogens (tertiary/aromatic N) is 3. The summed E-state index contributed by atoms with van der Waals surface area (Å²) in [6.45, 7) is 8.41. The number of hydrogen-bond donors (Lipinski definition) is 1. The first-order valence-electron chi connectivity index (χ1n) is 7.14. The van der Waals surface area contributed by atoms with E-state index in [1.54, 1.807) is 6.20 Å². The van der Waals surface area contributed by atoms with Crippen LogP contribution in [0.2, 0.25) is 5.02 Å². The van der Waals surface area contributed by atoms with Gasteiger partial charge in [0, 0.05) is 25.7 Å². The predicted molar refractivity (Wildman–Crippen MR) is 82.3 cm³/mol. The first-order valence-corrected chi connectivity index (χ1v) is 7.52. The van der Waals surface area contributed by atoms with Crippen LogP contribution in [0.5, 0.6) is 0 Å². The van der Waals surface area contributed by atoms with Gasteiger partial charge in [0.15, 0.2) is 0 Å². The highest BCUT2D eigenvalue weighted by molar-refractivity contribution is 6.33. The molecule has 0 bridgehead atoms. The van der Waals surface area contributed by atoms with Gasteiger partial charge in [-0.15, -0.1) is 0 Å². The van der Waals surface area contributed by atoms with Crippen LogP contribution in [0.4, 0.5) is 5.69 Å². The zero-order chi connectivity index (χ0) is 14.9. The topological polar surface area (TPSA) is 64.2 Å². The number of nitrogens with two attached hydrogens (primary N) is 1. The van der Waals surface area contributed by atoms with Crippen LogP contribution in [0.1, 0.15) is 27.2 Å². The van der Waals surface area contributed by atoms with Gasteiger partial charge in [0.25, 0.3) is 5.56 Å². The summed E-state index contributed by atoms with van der Waals surface area (Å²) in [7, 11) is 0. The zero-order valence-electron chi connectivity index (χ0n) is 12.3. The monoisotopic (exact) mass is 298 g/mol. The van der Waals surface area contributed by atoms with E-state index in [4.69, 9.17) is 17.3 Å². The molecule has 1 aromatic rings. The molecular formula is C14H23ClN4O. The second-order valence-electron chi connectivity index (χ2n) is 6.23. The lowest BCUT2D eigenvalue weighted by Gasteiger charge is -2.36. The van der Waals surface area contributed by atoms with Crippen molar-refractivity contribution < 1.29 is 0 Å². The summed E-state index contributed by atoms with van der Waals surface area (Å²) >= 11 is 6.25. The van der Waals surface area contributed by atoms with Crippen molar-refractivity contribution in [2.45, 2.75) is 39.8 Å². The molecule has 0 aromatic carbocycles. The second-order valence-corrected chi connectivity index (χ2v) is 6.61. The molecule has 1 saturated heterocycles. The van der Waals surface area contributed by atoms with Gasteiger partial charge in [0.05, 0.1) is 11.9 Å². The molecule has 2 rings (SSSR count). The first kappa shape index (κ1) is 15.3. The normalized spacial score (nSPS) is 23.4. The Bertz CT molecular complexity index is 518. The van der Waals surface area contributed by atoms with Gasteiger partial charge in [-0.25, -0.2) is 4.68 Å². The predicted octanol–water partition coefficient (Wildman–Crippen LogP) is 1.73. The van der Waals surface area contributed by atoms with Crippen molar-refractivity contribution >= 4 is 17.3 Å². The van der Waals surface area contributed by atoms with Crippen LogP contribution in [0.25, 0.3) is 0 Å². The minimum atomic E-state index is -0.218. The van der Waals surface area contributed by atoms with E-state index in [1.165, 1.54) is 4.68 Å². The van der Waals surface area contributed by atoms with Crippen molar-refractivity contribution in [3.05, 3.63) is 21.6 Å². The Morgan fingerprint density at radius 2 is 2.20 bits per heavy atom. The van der Waals surface area contributed by atoms with Crippen molar-refractivity contribution in [2.24, 2.45) is 17.6 Å². The lowest BCUT2D eigenvalue weighted by molar-refractivity contribution is 0.400. The van der Waals surface area contributed by atoms with Crippen molar-refractivity contribution in [1.82, 2.24) is 9.78 Å². The number of piperidine rings is 1. The highest BCUT2D eigenvalue weighted by Gasteiger charge is 2.25. The van der Waals surface area contributed by atoms with E-state index >= 15 is 0 Å². The molecule has 2 atom stereocenters. The molecule has 6 heteroatoms. The molecule has 1 aliphatic rings. The van der Waals surface area contributed by atoms with Gasteiger partial charge in [0.2, 0.25) is 0 Å². The maximum absolute atomic E-state index is 12.2. The Labute approximate surface area is 124 Å². The highest BCUT2D eigenvalue weighted by Crippen LogP contribution is 2.26. The minimum absolute atomic E-state index is 0.118. The molecule has 0 saturated carbocycles. The third-order valence-electron chi connectivity index (χ3n) is 3.54. The van der Waals surface area contributed by atoms with Gasteiger partial charge >= 0.3 is 0 Å². The maximum Gasteiger partial charge on any atom is 0.287 e. The van der Waals surface area contributed by atoms with Crippen LogP contribution in [-0.4, -0.2) is 28.9 Å². The smallest absolute Gasteiger partial charge is 0.287 e. The van der Waals surface area contributed by atoms with Crippen molar-refractivity contribution in [1.29, 1.82) is 0 Å². The summed E-state index contributed by atoms with van der Waals surface area (Å²) in [5, 5.41) is 4.49. The fourth-order valence-corrected chi connectivity index (χ4v) is 3.02. The number of hydrogen-bond acceptors (Lipinski definition) is 4. The minimum Gasteiger partial charge on any atom is -0.367 e. The number of aromatic nitrogens is 2. The van der Waals surface area contributed by atoms with Crippen LogP contribution in [0.3, 0.4) is 0 Å². The Kier molecular flexibility index (Phi) is 4.70. The van der Waals surface area contributed by atoms with E-state index in [0.717, 1.165) is 19.5 Å². The van der Waals surface area contributed by atoms with Crippen LogP contribution in [0.15, 0.2) is 11.0 Å². The van der Waals surface area contributed by atoms with Crippen LogP contribution in [-0.2, 0) is 6.54 Å². The Morgan fingerprint density at radius 1 is 1.50 bits per heavy atom. The Balaban J connectivity index is 2.29. The molecule has 2 N–H and O–H groups in total. The fraction of sp³-hybridized carbons (Fsp3) is 0.714. The zero-order valence-corrected chi connectivity index (χ0v) is 13.1. The second kappa shape index (κ2) is 6.14. The first-order chi connectivity index (χ1) is 9.38. The molecule has 2 heterocycles. The van der Waals surface area contributed by atoms with E-state index in [2.05, 4.69) is 16.9 Å². The molecule has 5 nitrogen and oxygen atoms in total. The van der Waals surface area contributed by atoms with E-state index < -0.39 is 0 Å². The molecule has 112 valence electrons. The van der Waals surface area contributed by atoms with Gasteiger partial charge in [-0.2, -0.15) is 5.10 Å². The van der Waals surface area contributed by atoms with Crippen molar-refractivity contribution in [3.63, 3.8) is 0 Å². The van der Waals surface area contributed by atoms with Gasteiger partial charge in [-0.1, -0.05) is 32.4 Å². The maximum atomic E-state index is 12.2. The lowest BCUT2D eigenvalue weighted by atomic mass is 9.96. The SMILES string of the molecule is CC(C)Cn1ncc(N2CC(C)CC(N)C2)c(Cl)c1=O. The van der Waals surface area contributed by atoms with E-state index in [1.807, 2.05) is 13.8 Å². The van der Waals surface area contributed by atoms with Crippen LogP contribution >= 0.6 is 11.6 Å². The van der Waals surface area contributed by atoms with E-state index in [-0.39, 0.29) is 16.6 Å². The molecular weight excluding hydrogens is 276 g/mol. The van der Waals surface area contributed by atoms with Gasteiger partial charge in [-0.3, -0.25) is 4.79 Å². The summed E-state index contributed by atoms with van der Waals surface area (Å²) < 4.78 is 1.43. The average Bonchev–Trinajstić information content (AvgIpc) is 2.33. The molecule has 0 aliphatic carbocycles. The highest BCUT2D eigenvalue weighted by atomic mass is 35.5. The molecule has 1 aliphatic heterocycles. The summed E-state index contributed by atoms with van der Waals surface area (Å²) in [5.74, 6) is 0.846. The van der Waals surface area contributed by atoms with E-state index in [9.17, 15) is 4.79 Å². The van der Waals surface area contributed by atoms with Gasteiger partial charge in [-0.05, 0) is 18.3 Å². The number of halogens is 1. The fourth-order valence-electron chi connectivity index (χ4n) is 2.75. The largest absolute Gasteiger partial charge is 0.367 e. The summed E-state index contributed by atoms with van der Waals surface area (Å²) in [6, 6.07) is 0.118. The third-order valence-corrected chi connectivity index (χ3v) is 3.89. The molecule has 0 radical (unpaired) electrons. The lowest BCUT2D eigenvalue weighted by Crippen LogP contribution is -2.47. The quantitative estimate of drug-likeness (QED) is 0.923. The Morgan fingerprint density at radius 3 is 2.80 bits per heavy atom. The molecule has 1 aromatic heterocycles. The summed E-state index contributed by atoms with van der Waals surface area (Å²) in [5.41, 5.74) is 6.54. The Hall–Kier alpha value is -1.07. The van der Waals surface area contributed by atoms with Gasteiger partial charge in [0.1, 0.15) is 5.02 Å². The van der Waals surface area contributed by atoms with E-state index in [0.29, 0.717) is 24.1 Å². The van der Waals surface area contributed by atoms with Crippen LogP contribution < -0.4 is 16.2 Å². The number of anilines is 1. The van der Waals surface area contributed by atoms with Gasteiger partial charge < -0.3 is 10.6 Å². The average molecular weight is 299 g/mol. The molecule has 0 spiro atoms. The van der Waals surface area contributed by atoms with Crippen LogP contribution in [0, 0.1) is 11.8 Å². The van der Waals surface area contributed by atoms with Crippen molar-refractivity contribution in [3.8, 4) is 0 Å². The summed E-state index contributed by atoms with van der Waals surface area (Å²) in [6.07, 6.45) is 2.70. The molecule has 20 heavy (non-hydrogen) atoms. The third kappa shape index (κ3) is 3.33. The standard InChI is InChI=1S/C14H23ClN4O/c1-9(2)6-19-14(20)13(15)12(5-17-19)18-7-10(3)4-11(16)8-18/h5,9-11H,4,6-8,16H2,1-3H3. The summed E-state index contributed by atoms with van der Waals surface area (Å²) in [4.78, 5) is 14.3. The molecule has 2 unspecified atom stereocenters. The molecule has 1 fully saturated rings. The van der Waals surface area contributed by atoms with Crippen molar-refractivity contribution in [2.75, 3.05) is 18.0 Å². The molecule has 0 amide bonds.